The number of nitrogen functional groups attached to an aromatic ring is 1. The lowest BCUT2D eigenvalue weighted by Gasteiger charge is -2.18. The summed E-state index contributed by atoms with van der Waals surface area (Å²) in [5.74, 6) is 6.27. The lowest BCUT2D eigenvalue weighted by atomic mass is 10.5. The Labute approximate surface area is 120 Å². The maximum atomic E-state index is 5.40. The highest BCUT2D eigenvalue weighted by Crippen LogP contribution is 2.23. The fourth-order valence-electron chi connectivity index (χ4n) is 1.49. The van der Waals surface area contributed by atoms with E-state index in [1.807, 2.05) is 18.7 Å². The van der Waals surface area contributed by atoms with Crippen LogP contribution in [0.4, 0.5) is 11.9 Å². The van der Waals surface area contributed by atoms with Gasteiger partial charge in [-0.1, -0.05) is 0 Å². The number of aryl methyl sites for hydroxylation is 1. The van der Waals surface area contributed by atoms with Crippen molar-refractivity contribution in [2.24, 2.45) is 12.9 Å². The van der Waals surface area contributed by atoms with Crippen LogP contribution in [0.3, 0.4) is 0 Å². The maximum absolute atomic E-state index is 5.40. The summed E-state index contributed by atoms with van der Waals surface area (Å²) in [5.41, 5.74) is 2.44. The van der Waals surface area contributed by atoms with Crippen molar-refractivity contribution in [1.82, 2.24) is 35.2 Å². The van der Waals surface area contributed by atoms with Crippen molar-refractivity contribution in [2.45, 2.75) is 24.2 Å². The third kappa shape index (κ3) is 3.11. The van der Waals surface area contributed by atoms with E-state index < -0.39 is 0 Å². The largest absolute Gasteiger partial charge is 0.341 e. The van der Waals surface area contributed by atoms with Crippen LogP contribution in [0.2, 0.25) is 0 Å². The minimum atomic E-state index is 0.305. The number of nitrogens with one attached hydrogen (secondary N) is 1. The molecule has 108 valence electrons. The van der Waals surface area contributed by atoms with E-state index in [0.29, 0.717) is 22.2 Å². The number of anilines is 2. The summed E-state index contributed by atoms with van der Waals surface area (Å²) in [4.78, 5) is 14.8. The number of aromatic nitrogens is 7. The highest BCUT2D eigenvalue weighted by atomic mass is 32.2. The molecule has 0 amide bonds. The number of rotatable bonds is 6. The van der Waals surface area contributed by atoms with Crippen LogP contribution in [0.25, 0.3) is 0 Å². The van der Waals surface area contributed by atoms with E-state index in [1.165, 1.54) is 11.8 Å². The molecule has 20 heavy (non-hydrogen) atoms. The van der Waals surface area contributed by atoms with Gasteiger partial charge in [0.1, 0.15) is 0 Å². The molecule has 0 radical (unpaired) electrons. The van der Waals surface area contributed by atoms with Crippen molar-refractivity contribution >= 4 is 23.7 Å². The molecular formula is C9H16N10S. The standard InChI is InChI=1S/C9H16N10S/c1-4-19(5-2)7-11-6(14-10)12-8(13-7)20-9-15-16-17-18(9)3/h4-5,10H2,1-3H3,(H,11,12,13,14). The van der Waals surface area contributed by atoms with Gasteiger partial charge in [-0.05, 0) is 36.0 Å². The molecular weight excluding hydrogens is 280 g/mol. The molecule has 0 saturated carbocycles. The summed E-state index contributed by atoms with van der Waals surface area (Å²) in [6.45, 7) is 5.64. The Morgan fingerprint density at radius 3 is 2.55 bits per heavy atom. The molecule has 2 heterocycles. The van der Waals surface area contributed by atoms with Crippen LogP contribution in [0.1, 0.15) is 13.8 Å². The monoisotopic (exact) mass is 296 g/mol. The van der Waals surface area contributed by atoms with E-state index in [1.54, 1.807) is 11.7 Å². The van der Waals surface area contributed by atoms with Gasteiger partial charge in [0.25, 0.3) is 0 Å². The van der Waals surface area contributed by atoms with Crippen LogP contribution < -0.4 is 16.2 Å². The molecule has 0 aromatic carbocycles. The molecule has 11 heteroatoms. The molecule has 0 atom stereocenters. The molecule has 2 aromatic heterocycles. The predicted octanol–water partition coefficient (Wildman–Crippen LogP) is -0.322. The number of nitrogens with two attached hydrogens (primary N) is 1. The summed E-state index contributed by atoms with van der Waals surface area (Å²) in [6, 6.07) is 0. The number of nitrogens with zero attached hydrogens (tertiary/aromatic N) is 8. The molecule has 0 fully saturated rings. The smallest absolute Gasteiger partial charge is 0.242 e. The maximum Gasteiger partial charge on any atom is 0.242 e. The van der Waals surface area contributed by atoms with Crippen LogP contribution in [0.5, 0.6) is 0 Å². The summed E-state index contributed by atoms with van der Waals surface area (Å²) < 4.78 is 1.54. The number of hydrogen-bond donors (Lipinski definition) is 2. The third-order valence-corrected chi connectivity index (χ3v) is 3.44. The zero-order valence-corrected chi connectivity index (χ0v) is 12.3. The fourth-order valence-corrected chi connectivity index (χ4v) is 2.16. The van der Waals surface area contributed by atoms with E-state index in [2.05, 4.69) is 35.9 Å². The van der Waals surface area contributed by atoms with Crippen molar-refractivity contribution < 1.29 is 0 Å². The molecule has 0 unspecified atom stereocenters. The fraction of sp³-hybridized carbons (Fsp3) is 0.556. The SMILES string of the molecule is CCN(CC)c1nc(NN)nc(Sc2nnnn2C)n1. The van der Waals surface area contributed by atoms with Crippen molar-refractivity contribution in [3.05, 3.63) is 0 Å². The van der Waals surface area contributed by atoms with Gasteiger partial charge in [-0.2, -0.15) is 15.0 Å². The van der Waals surface area contributed by atoms with Gasteiger partial charge in [0, 0.05) is 20.1 Å². The molecule has 2 aromatic rings. The highest BCUT2D eigenvalue weighted by molar-refractivity contribution is 7.99. The Morgan fingerprint density at radius 2 is 2.00 bits per heavy atom. The van der Waals surface area contributed by atoms with Crippen LogP contribution >= 0.6 is 11.8 Å². The van der Waals surface area contributed by atoms with Crippen molar-refractivity contribution in [3.8, 4) is 0 Å². The van der Waals surface area contributed by atoms with E-state index >= 15 is 0 Å². The normalized spacial score (nSPS) is 10.6. The van der Waals surface area contributed by atoms with Gasteiger partial charge in [0.05, 0.1) is 0 Å². The molecule has 0 aliphatic carbocycles. The molecule has 0 bridgehead atoms. The third-order valence-electron chi connectivity index (χ3n) is 2.54. The Kier molecular flexibility index (Phi) is 4.63. The number of hydrazine groups is 1. The predicted molar refractivity (Wildman–Crippen MR) is 74.1 cm³/mol. The van der Waals surface area contributed by atoms with Crippen LogP contribution in [0, 0.1) is 0 Å². The first-order valence-electron chi connectivity index (χ1n) is 6.05. The topological polar surface area (TPSA) is 124 Å². The first kappa shape index (κ1) is 14.4. The lowest BCUT2D eigenvalue weighted by Crippen LogP contribution is -2.25. The minimum Gasteiger partial charge on any atom is -0.341 e. The summed E-state index contributed by atoms with van der Waals surface area (Å²) in [6.07, 6.45) is 0. The average Bonchev–Trinajstić information content (AvgIpc) is 2.85. The summed E-state index contributed by atoms with van der Waals surface area (Å²) in [5, 5.41) is 12.3. The average molecular weight is 296 g/mol. The second-order valence-corrected chi connectivity index (χ2v) is 4.68. The van der Waals surface area contributed by atoms with Gasteiger partial charge in [0.15, 0.2) is 0 Å². The molecule has 0 aliphatic heterocycles. The zero-order chi connectivity index (χ0) is 14.5. The van der Waals surface area contributed by atoms with E-state index in [-0.39, 0.29) is 0 Å². The molecule has 0 aliphatic rings. The zero-order valence-electron chi connectivity index (χ0n) is 11.5. The van der Waals surface area contributed by atoms with Gasteiger partial charge in [-0.15, -0.1) is 5.10 Å². The van der Waals surface area contributed by atoms with Gasteiger partial charge >= 0.3 is 0 Å². The Hall–Kier alpha value is -2.01. The Morgan fingerprint density at radius 1 is 1.25 bits per heavy atom. The van der Waals surface area contributed by atoms with Gasteiger partial charge in [-0.3, -0.25) is 5.43 Å². The molecule has 3 N–H and O–H groups in total. The van der Waals surface area contributed by atoms with Crippen LogP contribution in [-0.2, 0) is 7.05 Å². The molecule has 0 saturated heterocycles. The van der Waals surface area contributed by atoms with Crippen molar-refractivity contribution in [1.29, 1.82) is 0 Å². The first-order chi connectivity index (χ1) is 9.67. The minimum absolute atomic E-state index is 0.305. The van der Waals surface area contributed by atoms with Gasteiger partial charge in [0.2, 0.25) is 22.2 Å². The molecule has 10 nitrogen and oxygen atoms in total. The Balaban J connectivity index is 2.32. The Bertz CT molecular complexity index is 566. The highest BCUT2D eigenvalue weighted by Gasteiger charge is 2.14. The first-order valence-corrected chi connectivity index (χ1v) is 6.87. The number of hydrogen-bond acceptors (Lipinski definition) is 10. The van der Waals surface area contributed by atoms with Crippen molar-refractivity contribution in [2.75, 3.05) is 23.4 Å². The second-order valence-electron chi connectivity index (χ2n) is 3.75. The van der Waals surface area contributed by atoms with Crippen molar-refractivity contribution in [3.63, 3.8) is 0 Å². The van der Waals surface area contributed by atoms with Crippen LogP contribution in [0.15, 0.2) is 10.3 Å². The van der Waals surface area contributed by atoms with Crippen LogP contribution in [-0.4, -0.2) is 48.2 Å². The molecule has 2 rings (SSSR count). The number of tetrazole rings is 1. The second kappa shape index (κ2) is 6.43. The quantitative estimate of drug-likeness (QED) is 0.541. The molecule has 0 spiro atoms. The van der Waals surface area contributed by atoms with E-state index in [4.69, 9.17) is 5.84 Å². The van der Waals surface area contributed by atoms with Gasteiger partial charge < -0.3 is 4.90 Å². The lowest BCUT2D eigenvalue weighted by molar-refractivity contribution is 0.663. The van der Waals surface area contributed by atoms with Gasteiger partial charge in [-0.25, -0.2) is 10.5 Å². The summed E-state index contributed by atoms with van der Waals surface area (Å²) >= 11 is 1.25. The van der Waals surface area contributed by atoms with E-state index in [9.17, 15) is 0 Å². The summed E-state index contributed by atoms with van der Waals surface area (Å²) in [7, 11) is 1.75. The van der Waals surface area contributed by atoms with E-state index in [0.717, 1.165) is 13.1 Å².